The minimum atomic E-state index is 0.739. The first-order valence-electron chi connectivity index (χ1n) is 5.97. The van der Waals surface area contributed by atoms with E-state index in [1.165, 1.54) is 0 Å². The molecule has 0 aliphatic rings. The molecule has 0 aliphatic heterocycles. The number of anilines is 2. The van der Waals surface area contributed by atoms with Crippen molar-refractivity contribution in [3.8, 4) is 0 Å². The average molecular weight is 270 g/mol. The lowest BCUT2D eigenvalue weighted by atomic mass is 10.2. The van der Waals surface area contributed by atoms with Crippen LogP contribution in [0.15, 0.2) is 48.8 Å². The van der Waals surface area contributed by atoms with Crippen LogP contribution >= 0.6 is 11.6 Å². The second-order valence-electron chi connectivity index (χ2n) is 4.33. The molecule has 19 heavy (non-hydrogen) atoms. The molecule has 4 heteroatoms. The number of hydrogen-bond donors (Lipinski definition) is 1. The predicted octanol–water partition coefficient (Wildman–Crippen LogP) is 4.34. The molecule has 0 saturated heterocycles. The zero-order valence-corrected chi connectivity index (χ0v) is 11.1. The second kappa shape index (κ2) is 4.86. The van der Waals surface area contributed by atoms with Crippen LogP contribution in [0.5, 0.6) is 0 Å². The smallest absolute Gasteiger partial charge is 0.141 e. The molecule has 3 rings (SSSR count). The van der Waals surface area contributed by atoms with Crippen molar-refractivity contribution in [3.63, 3.8) is 0 Å². The zero-order valence-electron chi connectivity index (χ0n) is 10.4. The van der Waals surface area contributed by atoms with Gasteiger partial charge in [0.1, 0.15) is 12.1 Å². The van der Waals surface area contributed by atoms with E-state index in [4.69, 9.17) is 11.6 Å². The highest BCUT2D eigenvalue weighted by Gasteiger charge is 2.04. The highest BCUT2D eigenvalue weighted by Crippen LogP contribution is 2.25. The lowest BCUT2D eigenvalue weighted by molar-refractivity contribution is 1.22. The van der Waals surface area contributed by atoms with Crippen LogP contribution in [0, 0.1) is 6.92 Å². The molecule has 0 radical (unpaired) electrons. The van der Waals surface area contributed by atoms with Gasteiger partial charge in [0, 0.05) is 16.1 Å². The molecule has 3 aromatic rings. The number of nitrogens with zero attached hydrogens (tertiary/aromatic N) is 2. The summed E-state index contributed by atoms with van der Waals surface area (Å²) < 4.78 is 0. The van der Waals surface area contributed by atoms with E-state index < -0.39 is 0 Å². The topological polar surface area (TPSA) is 37.8 Å². The van der Waals surface area contributed by atoms with Gasteiger partial charge in [0.25, 0.3) is 0 Å². The fourth-order valence-electron chi connectivity index (χ4n) is 1.91. The molecule has 0 spiro atoms. The van der Waals surface area contributed by atoms with Crippen molar-refractivity contribution in [2.45, 2.75) is 6.92 Å². The van der Waals surface area contributed by atoms with Gasteiger partial charge >= 0.3 is 0 Å². The van der Waals surface area contributed by atoms with E-state index in [0.717, 1.165) is 33.0 Å². The highest BCUT2D eigenvalue weighted by atomic mass is 35.5. The number of benzene rings is 2. The number of rotatable bonds is 2. The summed E-state index contributed by atoms with van der Waals surface area (Å²) in [6.45, 7) is 1.98. The van der Waals surface area contributed by atoms with Gasteiger partial charge in [-0.3, -0.25) is 0 Å². The second-order valence-corrected chi connectivity index (χ2v) is 4.74. The Morgan fingerprint density at radius 2 is 1.89 bits per heavy atom. The Hall–Kier alpha value is -2.13. The van der Waals surface area contributed by atoms with E-state index in [-0.39, 0.29) is 0 Å². The Morgan fingerprint density at radius 3 is 2.74 bits per heavy atom. The summed E-state index contributed by atoms with van der Waals surface area (Å²) in [5, 5.41) is 5.01. The molecular weight excluding hydrogens is 258 g/mol. The Balaban J connectivity index is 2.03. The molecule has 2 aromatic carbocycles. The van der Waals surface area contributed by atoms with Gasteiger partial charge in [-0.2, -0.15) is 0 Å². The van der Waals surface area contributed by atoms with E-state index in [2.05, 4.69) is 15.3 Å². The maximum Gasteiger partial charge on any atom is 0.141 e. The number of nitrogens with one attached hydrogen (secondary N) is 1. The zero-order chi connectivity index (χ0) is 13.2. The van der Waals surface area contributed by atoms with Crippen LogP contribution in [-0.4, -0.2) is 9.97 Å². The third-order valence-electron chi connectivity index (χ3n) is 2.98. The van der Waals surface area contributed by atoms with Crippen molar-refractivity contribution in [3.05, 3.63) is 59.4 Å². The van der Waals surface area contributed by atoms with Crippen LogP contribution in [0.2, 0.25) is 5.02 Å². The fourth-order valence-corrected chi connectivity index (χ4v) is 2.09. The Morgan fingerprint density at radius 1 is 1.05 bits per heavy atom. The minimum Gasteiger partial charge on any atom is -0.340 e. The van der Waals surface area contributed by atoms with Crippen molar-refractivity contribution < 1.29 is 0 Å². The lowest BCUT2D eigenvalue weighted by Gasteiger charge is -2.09. The van der Waals surface area contributed by atoms with Gasteiger partial charge in [-0.1, -0.05) is 29.8 Å². The van der Waals surface area contributed by atoms with Gasteiger partial charge in [0.15, 0.2) is 0 Å². The standard InChI is InChI=1S/C15H12ClN3/c1-10-6-7-11(8-13(10)16)19-15-12-4-2-3-5-14(12)17-9-18-15/h2-9H,1H3,(H,17,18,19). The summed E-state index contributed by atoms with van der Waals surface area (Å²) >= 11 is 6.13. The Bertz CT molecular complexity index is 735. The number of para-hydroxylation sites is 1. The van der Waals surface area contributed by atoms with Gasteiger partial charge in [-0.05, 0) is 36.8 Å². The average Bonchev–Trinajstić information content (AvgIpc) is 2.43. The molecule has 0 amide bonds. The molecule has 1 N–H and O–H groups in total. The van der Waals surface area contributed by atoms with Crippen molar-refractivity contribution >= 4 is 34.0 Å². The third kappa shape index (κ3) is 2.37. The number of aryl methyl sites for hydroxylation is 1. The molecule has 3 nitrogen and oxygen atoms in total. The summed E-state index contributed by atoms with van der Waals surface area (Å²) in [5.74, 6) is 0.783. The summed E-state index contributed by atoms with van der Waals surface area (Å²) in [4.78, 5) is 8.53. The molecule has 0 atom stereocenters. The number of aromatic nitrogens is 2. The van der Waals surface area contributed by atoms with Crippen LogP contribution in [0.1, 0.15) is 5.56 Å². The van der Waals surface area contributed by atoms with E-state index in [1.54, 1.807) is 6.33 Å². The summed E-state index contributed by atoms with van der Waals surface area (Å²) in [6, 6.07) is 13.7. The Kier molecular flexibility index (Phi) is 3.05. The lowest BCUT2D eigenvalue weighted by Crippen LogP contribution is -1.96. The van der Waals surface area contributed by atoms with Gasteiger partial charge in [-0.15, -0.1) is 0 Å². The van der Waals surface area contributed by atoms with Crippen LogP contribution in [0.25, 0.3) is 10.9 Å². The molecule has 0 aliphatic carbocycles. The van der Waals surface area contributed by atoms with Crippen LogP contribution in [0.4, 0.5) is 11.5 Å². The van der Waals surface area contributed by atoms with Gasteiger partial charge < -0.3 is 5.32 Å². The molecule has 0 unspecified atom stereocenters. The first-order valence-corrected chi connectivity index (χ1v) is 6.35. The summed E-state index contributed by atoms with van der Waals surface area (Å²) in [7, 11) is 0. The molecule has 1 heterocycles. The van der Waals surface area contributed by atoms with E-state index in [1.807, 2.05) is 49.4 Å². The van der Waals surface area contributed by atoms with Crippen LogP contribution in [-0.2, 0) is 0 Å². The van der Waals surface area contributed by atoms with E-state index >= 15 is 0 Å². The van der Waals surface area contributed by atoms with Gasteiger partial charge in [0.2, 0.25) is 0 Å². The highest BCUT2D eigenvalue weighted by molar-refractivity contribution is 6.31. The van der Waals surface area contributed by atoms with E-state index in [9.17, 15) is 0 Å². The quantitative estimate of drug-likeness (QED) is 0.752. The maximum atomic E-state index is 6.13. The van der Waals surface area contributed by atoms with Crippen LogP contribution < -0.4 is 5.32 Å². The number of hydrogen-bond acceptors (Lipinski definition) is 3. The molecule has 1 aromatic heterocycles. The first kappa shape index (κ1) is 11.9. The normalized spacial score (nSPS) is 10.6. The summed E-state index contributed by atoms with van der Waals surface area (Å²) in [5.41, 5.74) is 2.89. The SMILES string of the molecule is Cc1ccc(Nc2ncnc3ccccc23)cc1Cl. The van der Waals surface area contributed by atoms with Crippen molar-refractivity contribution in [2.75, 3.05) is 5.32 Å². The molecule has 94 valence electrons. The van der Waals surface area contributed by atoms with E-state index in [0.29, 0.717) is 0 Å². The molecule has 0 saturated carbocycles. The molecular formula is C15H12ClN3. The Labute approximate surface area is 116 Å². The van der Waals surface area contributed by atoms with Crippen molar-refractivity contribution in [2.24, 2.45) is 0 Å². The number of fused-ring (bicyclic) bond motifs is 1. The minimum absolute atomic E-state index is 0.739. The van der Waals surface area contributed by atoms with Gasteiger partial charge in [0.05, 0.1) is 5.52 Å². The molecule has 0 fully saturated rings. The molecule has 0 bridgehead atoms. The van der Waals surface area contributed by atoms with Crippen LogP contribution in [0.3, 0.4) is 0 Å². The monoisotopic (exact) mass is 269 g/mol. The largest absolute Gasteiger partial charge is 0.340 e. The summed E-state index contributed by atoms with van der Waals surface area (Å²) in [6.07, 6.45) is 1.56. The number of halogens is 1. The first-order chi connectivity index (χ1) is 9.24. The fraction of sp³-hybridized carbons (Fsp3) is 0.0667. The van der Waals surface area contributed by atoms with Crippen molar-refractivity contribution in [1.82, 2.24) is 9.97 Å². The van der Waals surface area contributed by atoms with Crippen molar-refractivity contribution in [1.29, 1.82) is 0 Å². The maximum absolute atomic E-state index is 6.13. The van der Waals surface area contributed by atoms with Gasteiger partial charge in [-0.25, -0.2) is 9.97 Å². The third-order valence-corrected chi connectivity index (χ3v) is 3.38. The predicted molar refractivity (Wildman–Crippen MR) is 79.0 cm³/mol.